The van der Waals surface area contributed by atoms with Crippen molar-refractivity contribution < 1.29 is 13.9 Å². The molecular formula is C18H20N4O3. The van der Waals surface area contributed by atoms with Crippen molar-refractivity contribution in [3.05, 3.63) is 47.8 Å². The van der Waals surface area contributed by atoms with Gasteiger partial charge in [-0.05, 0) is 18.1 Å². The van der Waals surface area contributed by atoms with E-state index in [0.29, 0.717) is 44.4 Å². The molecule has 25 heavy (non-hydrogen) atoms. The van der Waals surface area contributed by atoms with Gasteiger partial charge in [0.2, 0.25) is 17.7 Å². The third-order valence-electron chi connectivity index (χ3n) is 4.56. The van der Waals surface area contributed by atoms with Crippen molar-refractivity contribution in [1.82, 2.24) is 20.1 Å². The van der Waals surface area contributed by atoms with Gasteiger partial charge in [0.1, 0.15) is 6.04 Å². The summed E-state index contributed by atoms with van der Waals surface area (Å²) in [6.07, 6.45) is 3.11. The Bertz CT molecular complexity index is 885. The second-order valence-corrected chi connectivity index (χ2v) is 6.20. The van der Waals surface area contributed by atoms with Crippen molar-refractivity contribution in [1.29, 1.82) is 0 Å². The lowest BCUT2D eigenvalue weighted by molar-refractivity contribution is -0.141. The average Bonchev–Trinajstić information content (AvgIpc) is 3.26. The van der Waals surface area contributed by atoms with Gasteiger partial charge in [-0.1, -0.05) is 18.2 Å². The van der Waals surface area contributed by atoms with Crippen molar-refractivity contribution in [3.8, 4) is 0 Å². The van der Waals surface area contributed by atoms with E-state index in [2.05, 4.69) is 21.2 Å². The number of aromatic nitrogens is 3. The number of hydrogen-bond acceptors (Lipinski definition) is 5. The Morgan fingerprint density at radius 3 is 3.08 bits per heavy atom. The number of H-pyrrole nitrogens is 1. The van der Waals surface area contributed by atoms with E-state index in [1.807, 2.05) is 24.4 Å². The maximum Gasteiger partial charge on any atom is 0.241 e. The van der Waals surface area contributed by atoms with E-state index < -0.39 is 0 Å². The number of fused-ring (bicyclic) bond motifs is 1. The molecule has 1 aliphatic rings. The van der Waals surface area contributed by atoms with E-state index in [9.17, 15) is 4.79 Å². The molecule has 0 radical (unpaired) electrons. The molecule has 1 amide bonds. The quantitative estimate of drug-likeness (QED) is 0.788. The molecule has 0 spiro atoms. The van der Waals surface area contributed by atoms with Gasteiger partial charge in [0.25, 0.3) is 0 Å². The summed E-state index contributed by atoms with van der Waals surface area (Å²) in [5.41, 5.74) is 2.25. The minimum Gasteiger partial charge on any atom is -0.423 e. The van der Waals surface area contributed by atoms with Gasteiger partial charge in [0.15, 0.2) is 0 Å². The molecule has 0 bridgehead atoms. The number of aryl methyl sites for hydroxylation is 2. The SMILES string of the molecule is Cc1nnc([C@@H]2COCCN2C(=O)CCc2c[nH]c3ccccc23)o1. The first-order valence-corrected chi connectivity index (χ1v) is 8.44. The number of benzene rings is 1. The van der Waals surface area contributed by atoms with Gasteiger partial charge in [-0.2, -0.15) is 0 Å². The Balaban J connectivity index is 1.47. The molecule has 0 unspecified atom stereocenters. The first kappa shape index (κ1) is 15.8. The fourth-order valence-corrected chi connectivity index (χ4v) is 3.28. The molecule has 2 aromatic heterocycles. The van der Waals surface area contributed by atoms with Crippen LogP contribution in [0.5, 0.6) is 0 Å². The molecule has 1 aromatic carbocycles. The zero-order chi connectivity index (χ0) is 17.2. The molecule has 1 saturated heterocycles. The van der Waals surface area contributed by atoms with Crippen LogP contribution in [0.2, 0.25) is 0 Å². The predicted molar refractivity (Wildman–Crippen MR) is 90.9 cm³/mol. The first-order valence-electron chi connectivity index (χ1n) is 8.44. The van der Waals surface area contributed by atoms with Crippen LogP contribution in [0.3, 0.4) is 0 Å². The number of para-hydroxylation sites is 1. The average molecular weight is 340 g/mol. The molecular weight excluding hydrogens is 320 g/mol. The number of rotatable bonds is 4. The molecule has 1 atom stereocenters. The number of nitrogens with one attached hydrogen (secondary N) is 1. The number of carbonyl (C=O) groups excluding carboxylic acids is 1. The van der Waals surface area contributed by atoms with Crippen LogP contribution in [0.4, 0.5) is 0 Å². The van der Waals surface area contributed by atoms with Gasteiger partial charge in [-0.15, -0.1) is 10.2 Å². The smallest absolute Gasteiger partial charge is 0.241 e. The number of carbonyl (C=O) groups is 1. The summed E-state index contributed by atoms with van der Waals surface area (Å²) < 4.78 is 11.0. The monoisotopic (exact) mass is 340 g/mol. The molecule has 1 fully saturated rings. The van der Waals surface area contributed by atoms with Crippen LogP contribution in [-0.4, -0.2) is 45.7 Å². The number of amides is 1. The van der Waals surface area contributed by atoms with E-state index in [0.717, 1.165) is 11.1 Å². The Morgan fingerprint density at radius 1 is 1.36 bits per heavy atom. The maximum absolute atomic E-state index is 12.8. The van der Waals surface area contributed by atoms with Gasteiger partial charge < -0.3 is 19.0 Å². The number of hydrogen-bond donors (Lipinski definition) is 1. The summed E-state index contributed by atoms with van der Waals surface area (Å²) in [7, 11) is 0. The van der Waals surface area contributed by atoms with Crippen LogP contribution in [0, 0.1) is 6.92 Å². The summed E-state index contributed by atoms with van der Waals surface area (Å²) in [6, 6.07) is 7.82. The Labute approximate surface area is 145 Å². The minimum atomic E-state index is -0.301. The van der Waals surface area contributed by atoms with Crippen LogP contribution >= 0.6 is 0 Å². The van der Waals surface area contributed by atoms with E-state index in [-0.39, 0.29) is 11.9 Å². The fourth-order valence-electron chi connectivity index (χ4n) is 3.28. The maximum atomic E-state index is 12.8. The lowest BCUT2D eigenvalue weighted by atomic mass is 10.1. The lowest BCUT2D eigenvalue weighted by Gasteiger charge is -2.33. The highest BCUT2D eigenvalue weighted by atomic mass is 16.5. The third kappa shape index (κ3) is 3.15. The molecule has 3 heterocycles. The van der Waals surface area contributed by atoms with Gasteiger partial charge in [0, 0.05) is 37.0 Å². The molecule has 3 aromatic rings. The molecule has 1 N–H and O–H groups in total. The van der Waals surface area contributed by atoms with Gasteiger partial charge in [-0.3, -0.25) is 4.79 Å². The summed E-state index contributed by atoms with van der Waals surface area (Å²) in [5, 5.41) is 9.09. The lowest BCUT2D eigenvalue weighted by Crippen LogP contribution is -2.43. The third-order valence-corrected chi connectivity index (χ3v) is 4.56. The highest BCUT2D eigenvalue weighted by Gasteiger charge is 2.32. The molecule has 4 rings (SSSR count). The summed E-state index contributed by atoms with van der Waals surface area (Å²) >= 11 is 0. The van der Waals surface area contributed by atoms with E-state index in [1.165, 1.54) is 5.39 Å². The van der Waals surface area contributed by atoms with E-state index in [4.69, 9.17) is 9.15 Å². The largest absolute Gasteiger partial charge is 0.423 e. The van der Waals surface area contributed by atoms with Gasteiger partial charge in [0.05, 0.1) is 13.2 Å². The summed E-state index contributed by atoms with van der Waals surface area (Å²) in [4.78, 5) is 17.8. The zero-order valence-corrected chi connectivity index (χ0v) is 14.1. The zero-order valence-electron chi connectivity index (χ0n) is 14.1. The van der Waals surface area contributed by atoms with Gasteiger partial charge >= 0.3 is 0 Å². The highest BCUT2D eigenvalue weighted by Crippen LogP contribution is 2.25. The molecule has 0 saturated carbocycles. The fraction of sp³-hybridized carbons (Fsp3) is 0.389. The molecule has 7 heteroatoms. The van der Waals surface area contributed by atoms with E-state index >= 15 is 0 Å². The van der Waals surface area contributed by atoms with Crippen LogP contribution in [-0.2, 0) is 16.0 Å². The molecule has 1 aliphatic heterocycles. The van der Waals surface area contributed by atoms with Crippen molar-refractivity contribution in [2.45, 2.75) is 25.8 Å². The van der Waals surface area contributed by atoms with Crippen LogP contribution in [0.25, 0.3) is 10.9 Å². The predicted octanol–water partition coefficient (Wildman–Crippen LogP) is 2.39. The van der Waals surface area contributed by atoms with Crippen LogP contribution in [0.1, 0.15) is 29.8 Å². The Kier molecular flexibility index (Phi) is 4.23. The van der Waals surface area contributed by atoms with Crippen molar-refractivity contribution in [2.24, 2.45) is 0 Å². The van der Waals surface area contributed by atoms with E-state index in [1.54, 1.807) is 11.8 Å². The van der Waals surface area contributed by atoms with Crippen molar-refractivity contribution in [2.75, 3.05) is 19.8 Å². The summed E-state index contributed by atoms with van der Waals surface area (Å²) in [5.74, 6) is 1.01. The normalized spacial score (nSPS) is 18.0. The Morgan fingerprint density at radius 2 is 2.24 bits per heavy atom. The second-order valence-electron chi connectivity index (χ2n) is 6.20. The number of nitrogens with zero attached hydrogens (tertiary/aromatic N) is 3. The Hall–Kier alpha value is -2.67. The standard InChI is InChI=1S/C18H20N4O3/c1-12-20-21-18(25-12)16-11-24-9-8-22(16)17(23)7-6-13-10-19-15-5-3-2-4-14(13)15/h2-5,10,16,19H,6-9,11H2,1H3/t16-/m0/s1. The van der Waals surface area contributed by atoms with Crippen LogP contribution < -0.4 is 0 Å². The van der Waals surface area contributed by atoms with Crippen molar-refractivity contribution in [3.63, 3.8) is 0 Å². The minimum absolute atomic E-state index is 0.0782. The topological polar surface area (TPSA) is 84.3 Å². The molecule has 130 valence electrons. The number of ether oxygens (including phenoxy) is 1. The van der Waals surface area contributed by atoms with Gasteiger partial charge in [-0.25, -0.2) is 0 Å². The van der Waals surface area contributed by atoms with Crippen molar-refractivity contribution >= 4 is 16.8 Å². The molecule has 0 aliphatic carbocycles. The highest BCUT2D eigenvalue weighted by molar-refractivity contribution is 5.84. The first-order chi connectivity index (χ1) is 12.2. The molecule has 7 nitrogen and oxygen atoms in total. The number of morpholine rings is 1. The number of aromatic amines is 1. The second kappa shape index (κ2) is 6.68. The van der Waals surface area contributed by atoms with Crippen LogP contribution in [0.15, 0.2) is 34.9 Å². The summed E-state index contributed by atoms with van der Waals surface area (Å²) in [6.45, 7) is 3.20.